The van der Waals surface area contributed by atoms with Crippen molar-refractivity contribution in [3.05, 3.63) is 65.2 Å². The number of rotatable bonds is 6. The molecule has 0 radical (unpaired) electrons. The van der Waals surface area contributed by atoms with E-state index in [4.69, 9.17) is 21.3 Å². The van der Waals surface area contributed by atoms with Gasteiger partial charge in [0, 0.05) is 15.3 Å². The fraction of sp³-hybridized carbons (Fsp3) is 0.273. The molecule has 150 valence electrons. The van der Waals surface area contributed by atoms with Gasteiger partial charge in [0.25, 0.3) is 5.91 Å². The molecule has 1 amide bonds. The molecule has 1 aliphatic heterocycles. The SMILES string of the molecule is O=C(NCC[NH+]1CCOCC1)c1cc(Sc2cccc(Cl)c2)nc2ccccc12. The van der Waals surface area contributed by atoms with E-state index in [1.165, 1.54) is 16.7 Å². The maximum Gasteiger partial charge on any atom is 0.252 e. The van der Waals surface area contributed by atoms with Gasteiger partial charge in [0.15, 0.2) is 0 Å². The fourth-order valence-electron chi connectivity index (χ4n) is 3.40. The van der Waals surface area contributed by atoms with E-state index in [9.17, 15) is 4.79 Å². The first-order valence-electron chi connectivity index (χ1n) is 9.72. The van der Waals surface area contributed by atoms with E-state index in [2.05, 4.69) is 5.32 Å². The highest BCUT2D eigenvalue weighted by Gasteiger charge is 2.16. The number of amides is 1. The van der Waals surface area contributed by atoms with Crippen LogP contribution in [0, 0.1) is 0 Å². The highest BCUT2D eigenvalue weighted by Crippen LogP contribution is 2.31. The molecule has 0 saturated carbocycles. The zero-order valence-corrected chi connectivity index (χ0v) is 17.6. The number of nitrogens with zero attached hydrogens (tertiary/aromatic N) is 1. The summed E-state index contributed by atoms with van der Waals surface area (Å²) in [5.41, 5.74) is 1.46. The molecule has 2 N–H and O–H groups in total. The fourth-order valence-corrected chi connectivity index (χ4v) is 4.55. The van der Waals surface area contributed by atoms with Gasteiger partial charge in [-0.15, -0.1) is 0 Å². The Hall–Kier alpha value is -2.12. The van der Waals surface area contributed by atoms with Crippen molar-refractivity contribution in [1.82, 2.24) is 10.3 Å². The third-order valence-corrected chi connectivity index (χ3v) is 6.06. The second kappa shape index (κ2) is 9.59. The molecule has 3 aromatic rings. The van der Waals surface area contributed by atoms with Gasteiger partial charge in [-0.2, -0.15) is 0 Å². The Balaban J connectivity index is 1.52. The number of carbonyl (C=O) groups excluding carboxylic acids is 1. The highest BCUT2D eigenvalue weighted by molar-refractivity contribution is 7.99. The summed E-state index contributed by atoms with van der Waals surface area (Å²) in [6.07, 6.45) is 0. The molecular formula is C22H23ClN3O2S+. The average Bonchev–Trinajstić information content (AvgIpc) is 2.74. The molecule has 1 saturated heterocycles. The molecule has 5 nitrogen and oxygen atoms in total. The summed E-state index contributed by atoms with van der Waals surface area (Å²) in [6, 6.07) is 17.2. The summed E-state index contributed by atoms with van der Waals surface area (Å²) in [5.74, 6) is -0.0656. The van der Waals surface area contributed by atoms with E-state index < -0.39 is 0 Å². The van der Waals surface area contributed by atoms with Gasteiger partial charge in [-0.25, -0.2) is 4.98 Å². The number of benzene rings is 2. The predicted octanol–water partition coefficient (Wildman–Crippen LogP) is 2.68. The lowest BCUT2D eigenvalue weighted by atomic mass is 10.1. The zero-order chi connectivity index (χ0) is 20.1. The Morgan fingerprint density at radius 3 is 2.79 bits per heavy atom. The topological polar surface area (TPSA) is 55.7 Å². The number of hydrogen-bond donors (Lipinski definition) is 2. The van der Waals surface area contributed by atoms with Gasteiger partial charge in [0.05, 0.1) is 37.4 Å². The number of ether oxygens (including phenoxy) is 1. The lowest BCUT2D eigenvalue weighted by Gasteiger charge is -2.23. The van der Waals surface area contributed by atoms with Gasteiger partial charge in [-0.05, 0) is 30.3 Å². The molecule has 0 bridgehead atoms. The molecule has 0 unspecified atom stereocenters. The maximum absolute atomic E-state index is 13.0. The summed E-state index contributed by atoms with van der Waals surface area (Å²) in [4.78, 5) is 20.1. The normalized spacial score (nSPS) is 14.8. The van der Waals surface area contributed by atoms with Gasteiger partial charge in [0.1, 0.15) is 18.1 Å². The Kier molecular flexibility index (Phi) is 6.67. The highest BCUT2D eigenvalue weighted by atomic mass is 35.5. The van der Waals surface area contributed by atoms with Crippen molar-refractivity contribution >= 4 is 40.2 Å². The van der Waals surface area contributed by atoms with Crippen molar-refractivity contribution in [3.8, 4) is 0 Å². The smallest absolute Gasteiger partial charge is 0.252 e. The first-order valence-corrected chi connectivity index (χ1v) is 10.9. The second-order valence-corrected chi connectivity index (χ2v) is 8.48. The van der Waals surface area contributed by atoms with Gasteiger partial charge >= 0.3 is 0 Å². The van der Waals surface area contributed by atoms with Crippen LogP contribution in [0.25, 0.3) is 10.9 Å². The molecule has 1 aromatic heterocycles. The molecular weight excluding hydrogens is 406 g/mol. The molecule has 7 heteroatoms. The minimum absolute atomic E-state index is 0.0656. The van der Waals surface area contributed by atoms with Crippen LogP contribution < -0.4 is 10.2 Å². The third kappa shape index (κ3) is 5.28. The van der Waals surface area contributed by atoms with E-state index in [0.29, 0.717) is 17.1 Å². The van der Waals surface area contributed by atoms with Crippen molar-refractivity contribution in [2.24, 2.45) is 0 Å². The number of nitrogens with one attached hydrogen (secondary N) is 2. The number of carbonyl (C=O) groups is 1. The standard InChI is InChI=1S/C22H22ClN3O2S/c23-16-4-3-5-17(14-16)29-21-15-19(18-6-1-2-7-20(18)25-21)22(27)24-8-9-26-10-12-28-13-11-26/h1-7,14-15H,8-13H2,(H,24,27)/p+1. The van der Waals surface area contributed by atoms with Crippen molar-refractivity contribution in [2.45, 2.75) is 9.92 Å². The van der Waals surface area contributed by atoms with E-state index in [-0.39, 0.29) is 5.91 Å². The minimum Gasteiger partial charge on any atom is -0.370 e. The molecule has 1 aliphatic rings. The number of aromatic nitrogens is 1. The van der Waals surface area contributed by atoms with Crippen LogP contribution in [0.3, 0.4) is 0 Å². The first kappa shape index (κ1) is 20.2. The molecule has 29 heavy (non-hydrogen) atoms. The summed E-state index contributed by atoms with van der Waals surface area (Å²) in [5, 5.41) is 5.39. The monoisotopic (exact) mass is 428 g/mol. The number of para-hydroxylation sites is 1. The van der Waals surface area contributed by atoms with E-state index in [1.54, 1.807) is 0 Å². The quantitative estimate of drug-likeness (QED) is 0.633. The largest absolute Gasteiger partial charge is 0.370 e. The predicted molar refractivity (Wildman–Crippen MR) is 116 cm³/mol. The van der Waals surface area contributed by atoms with Gasteiger partial charge < -0.3 is 15.0 Å². The number of quaternary nitrogens is 1. The summed E-state index contributed by atoms with van der Waals surface area (Å²) in [6.45, 7) is 5.12. The third-order valence-electron chi connectivity index (χ3n) is 4.92. The Morgan fingerprint density at radius 2 is 1.97 bits per heavy atom. The number of fused-ring (bicyclic) bond motifs is 1. The summed E-state index contributed by atoms with van der Waals surface area (Å²) in [7, 11) is 0. The Labute approximate surface area is 179 Å². The molecule has 0 aliphatic carbocycles. The number of halogens is 1. The number of hydrogen-bond acceptors (Lipinski definition) is 4. The van der Waals surface area contributed by atoms with Crippen LogP contribution in [0.4, 0.5) is 0 Å². The van der Waals surface area contributed by atoms with Gasteiger partial charge in [-0.1, -0.05) is 47.6 Å². The first-order chi connectivity index (χ1) is 14.2. The lowest BCUT2D eigenvalue weighted by molar-refractivity contribution is -0.906. The molecule has 1 fully saturated rings. The number of morpholine rings is 1. The molecule has 2 aromatic carbocycles. The zero-order valence-electron chi connectivity index (χ0n) is 16.0. The van der Waals surface area contributed by atoms with Crippen molar-refractivity contribution < 1.29 is 14.4 Å². The second-order valence-electron chi connectivity index (χ2n) is 6.95. The Bertz CT molecular complexity index is 1010. The maximum atomic E-state index is 13.0. The van der Waals surface area contributed by atoms with Crippen LogP contribution in [-0.4, -0.2) is 50.3 Å². The van der Waals surface area contributed by atoms with Crippen molar-refractivity contribution in [2.75, 3.05) is 39.4 Å². The van der Waals surface area contributed by atoms with Crippen molar-refractivity contribution in [1.29, 1.82) is 0 Å². The van der Waals surface area contributed by atoms with E-state index in [0.717, 1.165) is 53.7 Å². The van der Waals surface area contributed by atoms with Gasteiger partial charge in [0.2, 0.25) is 0 Å². The van der Waals surface area contributed by atoms with Crippen LogP contribution in [0.1, 0.15) is 10.4 Å². The average molecular weight is 429 g/mol. The van der Waals surface area contributed by atoms with E-state index in [1.807, 2.05) is 54.6 Å². The number of pyridine rings is 1. The van der Waals surface area contributed by atoms with Crippen LogP contribution in [0.15, 0.2) is 64.5 Å². The molecule has 2 heterocycles. The summed E-state index contributed by atoms with van der Waals surface area (Å²) < 4.78 is 5.39. The van der Waals surface area contributed by atoms with Crippen LogP contribution in [0.5, 0.6) is 0 Å². The van der Waals surface area contributed by atoms with Crippen LogP contribution >= 0.6 is 23.4 Å². The molecule has 4 rings (SSSR count). The molecule has 0 spiro atoms. The van der Waals surface area contributed by atoms with E-state index >= 15 is 0 Å². The lowest BCUT2D eigenvalue weighted by Crippen LogP contribution is -3.14. The summed E-state index contributed by atoms with van der Waals surface area (Å²) >= 11 is 7.60. The van der Waals surface area contributed by atoms with Gasteiger partial charge in [-0.3, -0.25) is 4.79 Å². The van der Waals surface area contributed by atoms with Crippen LogP contribution in [0.2, 0.25) is 5.02 Å². The van der Waals surface area contributed by atoms with Crippen molar-refractivity contribution in [3.63, 3.8) is 0 Å². The Morgan fingerprint density at radius 1 is 1.14 bits per heavy atom. The minimum atomic E-state index is -0.0656. The molecule has 0 atom stereocenters. The van der Waals surface area contributed by atoms with Crippen LogP contribution in [-0.2, 0) is 4.74 Å².